The molecule has 0 aliphatic rings. The highest BCUT2D eigenvalue weighted by Gasteiger charge is 2.01. The standard InChI is InChI=1S/C11H12O3/c1-7-5-9(3-4-10(12)13)6-8(2)11(7)14/h3-6,14H,1-2H3,(H,12,13)/b4-3+. The van der Waals surface area contributed by atoms with E-state index in [-0.39, 0.29) is 5.75 Å². The van der Waals surface area contributed by atoms with Gasteiger partial charge in [0.2, 0.25) is 0 Å². The van der Waals surface area contributed by atoms with E-state index in [9.17, 15) is 9.90 Å². The number of aliphatic carboxylic acids is 1. The molecule has 0 aliphatic carbocycles. The SMILES string of the molecule is Cc1cc(/C=C/C(=O)O)cc(C)c1O. The molecule has 0 atom stereocenters. The molecule has 0 aliphatic heterocycles. The maximum atomic E-state index is 10.3. The van der Waals surface area contributed by atoms with Crippen molar-refractivity contribution >= 4 is 12.0 Å². The lowest BCUT2D eigenvalue weighted by molar-refractivity contribution is -0.131. The fourth-order valence-electron chi connectivity index (χ4n) is 1.25. The van der Waals surface area contributed by atoms with Gasteiger partial charge in [-0.1, -0.05) is 0 Å². The fraction of sp³-hybridized carbons (Fsp3) is 0.182. The van der Waals surface area contributed by atoms with Crippen LogP contribution in [-0.4, -0.2) is 16.2 Å². The predicted octanol–water partition coefficient (Wildman–Crippen LogP) is 2.11. The Morgan fingerprint density at radius 3 is 2.21 bits per heavy atom. The van der Waals surface area contributed by atoms with Gasteiger partial charge in [-0.25, -0.2) is 4.79 Å². The predicted molar refractivity (Wildman–Crippen MR) is 54.3 cm³/mol. The molecule has 0 unspecified atom stereocenters. The summed E-state index contributed by atoms with van der Waals surface area (Å²) in [5, 5.41) is 17.9. The normalized spacial score (nSPS) is 10.7. The summed E-state index contributed by atoms with van der Waals surface area (Å²) in [5.74, 6) is -0.717. The fourth-order valence-corrected chi connectivity index (χ4v) is 1.25. The lowest BCUT2D eigenvalue weighted by Crippen LogP contribution is -1.87. The zero-order valence-corrected chi connectivity index (χ0v) is 8.11. The second-order valence-corrected chi connectivity index (χ2v) is 3.17. The number of phenolic OH excluding ortho intramolecular Hbond substituents is 1. The number of rotatable bonds is 2. The molecule has 3 nitrogen and oxygen atoms in total. The molecular formula is C11H12O3. The molecule has 1 aromatic carbocycles. The number of phenols is 1. The van der Waals surface area contributed by atoms with Crippen LogP contribution in [-0.2, 0) is 4.79 Å². The molecule has 0 amide bonds. The van der Waals surface area contributed by atoms with E-state index in [1.54, 1.807) is 26.0 Å². The minimum absolute atomic E-state index is 0.262. The molecule has 0 spiro atoms. The van der Waals surface area contributed by atoms with Crippen LogP contribution in [0.5, 0.6) is 5.75 Å². The molecule has 0 saturated heterocycles. The van der Waals surface area contributed by atoms with Crippen molar-refractivity contribution in [3.63, 3.8) is 0 Å². The minimum Gasteiger partial charge on any atom is -0.507 e. The average molecular weight is 192 g/mol. The molecule has 0 bridgehead atoms. The van der Waals surface area contributed by atoms with Crippen LogP contribution in [0.2, 0.25) is 0 Å². The van der Waals surface area contributed by atoms with E-state index in [0.717, 1.165) is 22.8 Å². The Labute approximate surface area is 82.3 Å². The molecule has 1 rings (SSSR count). The molecule has 0 fully saturated rings. The molecule has 1 aromatic rings. The molecule has 2 N–H and O–H groups in total. The van der Waals surface area contributed by atoms with Gasteiger partial charge in [0.05, 0.1) is 0 Å². The maximum Gasteiger partial charge on any atom is 0.328 e. The third-order valence-corrected chi connectivity index (χ3v) is 1.93. The summed E-state index contributed by atoms with van der Waals surface area (Å²) in [6.07, 6.45) is 2.58. The summed E-state index contributed by atoms with van der Waals surface area (Å²) < 4.78 is 0. The second kappa shape index (κ2) is 3.96. The van der Waals surface area contributed by atoms with Gasteiger partial charge >= 0.3 is 5.97 Å². The van der Waals surface area contributed by atoms with Crippen molar-refractivity contribution in [2.75, 3.05) is 0 Å². The van der Waals surface area contributed by atoms with Gasteiger partial charge in [0.1, 0.15) is 5.75 Å². The van der Waals surface area contributed by atoms with E-state index in [1.165, 1.54) is 6.08 Å². The number of hydrogen-bond donors (Lipinski definition) is 2. The first-order valence-corrected chi connectivity index (χ1v) is 4.22. The largest absolute Gasteiger partial charge is 0.507 e. The minimum atomic E-state index is -0.978. The van der Waals surface area contributed by atoms with Crippen LogP contribution in [0.25, 0.3) is 6.08 Å². The van der Waals surface area contributed by atoms with Crippen molar-refractivity contribution in [1.82, 2.24) is 0 Å². The van der Waals surface area contributed by atoms with Crippen LogP contribution in [0.15, 0.2) is 18.2 Å². The van der Waals surface area contributed by atoms with Crippen LogP contribution in [0.3, 0.4) is 0 Å². The summed E-state index contributed by atoms with van der Waals surface area (Å²) in [4.78, 5) is 10.3. The average Bonchev–Trinajstić information content (AvgIpc) is 2.10. The van der Waals surface area contributed by atoms with Gasteiger partial charge in [-0.3, -0.25) is 0 Å². The van der Waals surface area contributed by atoms with Crippen molar-refractivity contribution < 1.29 is 15.0 Å². The number of aromatic hydroxyl groups is 1. The summed E-state index contributed by atoms with van der Waals surface area (Å²) in [7, 11) is 0. The molecule has 3 heteroatoms. The Kier molecular flexibility index (Phi) is 2.92. The number of carboxylic acids is 1. The number of hydrogen-bond acceptors (Lipinski definition) is 2. The third-order valence-electron chi connectivity index (χ3n) is 1.93. The Balaban J connectivity index is 3.07. The first-order valence-electron chi connectivity index (χ1n) is 4.22. The highest BCUT2D eigenvalue weighted by molar-refractivity contribution is 5.85. The molecule has 0 radical (unpaired) electrons. The Bertz CT molecular complexity index is 369. The third kappa shape index (κ3) is 2.36. The van der Waals surface area contributed by atoms with E-state index in [1.807, 2.05) is 0 Å². The van der Waals surface area contributed by atoms with Gasteiger partial charge in [0, 0.05) is 6.08 Å². The van der Waals surface area contributed by atoms with Crippen molar-refractivity contribution in [3.05, 3.63) is 34.9 Å². The lowest BCUT2D eigenvalue weighted by atomic mass is 10.1. The van der Waals surface area contributed by atoms with Gasteiger partial charge in [0.25, 0.3) is 0 Å². The Hall–Kier alpha value is -1.77. The van der Waals surface area contributed by atoms with E-state index < -0.39 is 5.97 Å². The first-order chi connectivity index (χ1) is 6.50. The second-order valence-electron chi connectivity index (χ2n) is 3.17. The first kappa shape index (κ1) is 10.3. The van der Waals surface area contributed by atoms with Crippen LogP contribution >= 0.6 is 0 Å². The monoisotopic (exact) mass is 192 g/mol. The van der Waals surface area contributed by atoms with Crippen molar-refractivity contribution in [2.45, 2.75) is 13.8 Å². The van der Waals surface area contributed by atoms with E-state index >= 15 is 0 Å². The summed E-state index contributed by atoms with van der Waals surface area (Å²) in [6, 6.07) is 3.48. The van der Waals surface area contributed by atoms with Gasteiger partial charge < -0.3 is 10.2 Å². The van der Waals surface area contributed by atoms with Crippen LogP contribution < -0.4 is 0 Å². The number of carboxylic acid groups (broad SMARTS) is 1. The number of benzene rings is 1. The molecule has 0 saturated carbocycles. The topological polar surface area (TPSA) is 57.5 Å². The lowest BCUT2D eigenvalue weighted by Gasteiger charge is -2.04. The highest BCUT2D eigenvalue weighted by atomic mass is 16.4. The quantitative estimate of drug-likeness (QED) is 0.705. The summed E-state index contributed by atoms with van der Waals surface area (Å²) in [6.45, 7) is 3.56. The van der Waals surface area contributed by atoms with Gasteiger partial charge in [0.15, 0.2) is 0 Å². The smallest absolute Gasteiger partial charge is 0.328 e. The molecule has 74 valence electrons. The van der Waals surface area contributed by atoms with E-state index in [0.29, 0.717) is 0 Å². The van der Waals surface area contributed by atoms with Crippen molar-refractivity contribution in [3.8, 4) is 5.75 Å². The molecular weight excluding hydrogens is 180 g/mol. The zero-order chi connectivity index (χ0) is 10.7. The van der Waals surface area contributed by atoms with Crippen LogP contribution in [0.4, 0.5) is 0 Å². The number of carbonyl (C=O) groups is 1. The molecule has 0 aromatic heterocycles. The van der Waals surface area contributed by atoms with E-state index in [4.69, 9.17) is 5.11 Å². The number of aryl methyl sites for hydroxylation is 2. The highest BCUT2D eigenvalue weighted by Crippen LogP contribution is 2.23. The maximum absolute atomic E-state index is 10.3. The van der Waals surface area contributed by atoms with Gasteiger partial charge in [-0.15, -0.1) is 0 Å². The van der Waals surface area contributed by atoms with Crippen molar-refractivity contribution in [2.24, 2.45) is 0 Å². The molecule has 14 heavy (non-hydrogen) atoms. The molecule has 0 heterocycles. The summed E-state index contributed by atoms with van der Waals surface area (Å²) >= 11 is 0. The van der Waals surface area contributed by atoms with Gasteiger partial charge in [-0.05, 0) is 48.7 Å². The van der Waals surface area contributed by atoms with Crippen LogP contribution in [0.1, 0.15) is 16.7 Å². The van der Waals surface area contributed by atoms with Crippen LogP contribution in [0, 0.1) is 13.8 Å². The Morgan fingerprint density at radius 1 is 1.29 bits per heavy atom. The van der Waals surface area contributed by atoms with Crippen molar-refractivity contribution in [1.29, 1.82) is 0 Å². The van der Waals surface area contributed by atoms with Gasteiger partial charge in [-0.2, -0.15) is 0 Å². The Morgan fingerprint density at radius 2 is 1.79 bits per heavy atom. The van der Waals surface area contributed by atoms with E-state index in [2.05, 4.69) is 0 Å². The zero-order valence-electron chi connectivity index (χ0n) is 8.11. The summed E-state index contributed by atoms with van der Waals surface area (Å²) in [5.41, 5.74) is 2.27.